The molecule has 7 heteroatoms. The van der Waals surface area contributed by atoms with Crippen molar-refractivity contribution in [3.8, 4) is 6.07 Å². The molecular weight excluding hydrogens is 348 g/mol. The Kier molecular flexibility index (Phi) is 5.00. The van der Waals surface area contributed by atoms with E-state index in [2.05, 4.69) is 26.2 Å². The molecule has 1 aromatic rings. The number of allylic oxidation sites excluding steroid dienone is 1. The first-order chi connectivity index (χ1) is 13.1. The summed E-state index contributed by atoms with van der Waals surface area (Å²) in [5, 5.41) is 12.1. The van der Waals surface area contributed by atoms with Crippen molar-refractivity contribution in [3.05, 3.63) is 35.2 Å². The van der Waals surface area contributed by atoms with Gasteiger partial charge < -0.3 is 15.1 Å². The zero-order valence-electron chi connectivity index (χ0n) is 15.4. The number of nitrogens with zero attached hydrogens (tertiary/aromatic N) is 4. The summed E-state index contributed by atoms with van der Waals surface area (Å²) < 4.78 is 29.3. The lowest BCUT2D eigenvalue weighted by molar-refractivity contribution is -0.0733. The van der Waals surface area contributed by atoms with Crippen LogP contribution in [0.2, 0.25) is 0 Å². The van der Waals surface area contributed by atoms with E-state index in [9.17, 15) is 8.78 Å². The predicted octanol–water partition coefficient (Wildman–Crippen LogP) is 2.76. The first-order valence-electron chi connectivity index (χ1n) is 9.75. The molecule has 1 atom stereocenters. The van der Waals surface area contributed by atoms with Crippen LogP contribution >= 0.6 is 0 Å². The average molecular weight is 373 g/mol. The van der Waals surface area contributed by atoms with E-state index < -0.39 is 11.8 Å². The Morgan fingerprint density at radius 3 is 2.56 bits per heavy atom. The van der Waals surface area contributed by atoms with E-state index >= 15 is 0 Å². The van der Waals surface area contributed by atoms with Crippen LogP contribution < -0.4 is 10.2 Å². The van der Waals surface area contributed by atoms with Crippen molar-refractivity contribution < 1.29 is 8.78 Å². The summed E-state index contributed by atoms with van der Waals surface area (Å²) in [6, 6.07) is 5.70. The highest BCUT2D eigenvalue weighted by Gasteiger charge is 2.46. The number of nitrogens with one attached hydrogen (secondary N) is 1. The lowest BCUT2D eigenvalue weighted by atomic mass is 9.81. The summed E-state index contributed by atoms with van der Waals surface area (Å²) in [6.07, 6.45) is 4.53. The molecule has 2 saturated heterocycles. The zero-order chi connectivity index (χ0) is 18.9. The molecule has 5 nitrogen and oxygen atoms in total. The fourth-order valence-electron chi connectivity index (χ4n) is 4.24. The van der Waals surface area contributed by atoms with E-state index in [1.165, 1.54) is 5.57 Å². The highest BCUT2D eigenvalue weighted by atomic mass is 19.3. The van der Waals surface area contributed by atoms with Gasteiger partial charge in [0.05, 0.1) is 11.5 Å². The molecule has 1 N–H and O–H groups in total. The normalized spacial score (nSPS) is 24.9. The molecule has 1 saturated carbocycles. The van der Waals surface area contributed by atoms with Crippen LogP contribution in [0.5, 0.6) is 0 Å². The molecule has 0 bridgehead atoms. The van der Waals surface area contributed by atoms with Gasteiger partial charge in [-0.1, -0.05) is 5.57 Å². The SMILES string of the molecule is N#Cc1ccc(N2CCN(C(=C3CCC3)C3CNCCC3(F)F)CC2)nc1. The molecule has 0 amide bonds. The van der Waals surface area contributed by atoms with Crippen LogP contribution in [0.1, 0.15) is 31.2 Å². The van der Waals surface area contributed by atoms with Crippen LogP contribution in [0.4, 0.5) is 14.6 Å². The highest BCUT2D eigenvalue weighted by molar-refractivity contribution is 5.42. The number of aromatic nitrogens is 1. The molecule has 1 unspecified atom stereocenters. The van der Waals surface area contributed by atoms with Crippen LogP contribution in [0.3, 0.4) is 0 Å². The van der Waals surface area contributed by atoms with E-state index in [1.54, 1.807) is 12.3 Å². The number of anilines is 1. The number of piperazine rings is 1. The third-order valence-corrected chi connectivity index (χ3v) is 5.96. The maximum atomic E-state index is 14.7. The number of nitriles is 1. The van der Waals surface area contributed by atoms with Gasteiger partial charge in [0.1, 0.15) is 11.9 Å². The van der Waals surface area contributed by atoms with Crippen molar-refractivity contribution in [2.45, 2.75) is 31.6 Å². The number of pyridine rings is 1. The van der Waals surface area contributed by atoms with Gasteiger partial charge in [0, 0.05) is 57.6 Å². The Balaban J connectivity index is 1.48. The van der Waals surface area contributed by atoms with Gasteiger partial charge in [0.15, 0.2) is 0 Å². The van der Waals surface area contributed by atoms with Gasteiger partial charge in [-0.15, -0.1) is 0 Å². The number of alkyl halides is 2. The van der Waals surface area contributed by atoms with E-state index in [1.807, 2.05) is 6.07 Å². The molecule has 4 rings (SSSR count). The lowest BCUT2D eigenvalue weighted by Crippen LogP contribution is -2.53. The molecule has 27 heavy (non-hydrogen) atoms. The molecule has 3 heterocycles. The second-order valence-corrected chi connectivity index (χ2v) is 7.60. The molecule has 0 aromatic carbocycles. The van der Waals surface area contributed by atoms with Crippen LogP contribution in [0, 0.1) is 17.2 Å². The maximum Gasteiger partial charge on any atom is 0.258 e. The molecule has 1 aliphatic carbocycles. The first-order valence-corrected chi connectivity index (χ1v) is 9.75. The van der Waals surface area contributed by atoms with E-state index in [-0.39, 0.29) is 6.42 Å². The molecule has 0 spiro atoms. The Morgan fingerprint density at radius 1 is 1.22 bits per heavy atom. The standard InChI is InChI=1S/C20H25F2N5/c21-20(22)6-7-24-14-17(20)19(16-2-1-3-16)27-10-8-26(9-11-27)18-5-4-15(12-23)13-25-18/h4-5,13,17,24H,1-3,6-11,14H2. The second-order valence-electron chi connectivity index (χ2n) is 7.60. The Morgan fingerprint density at radius 2 is 2.00 bits per heavy atom. The van der Waals surface area contributed by atoms with Gasteiger partial charge in [-0.25, -0.2) is 13.8 Å². The molecule has 3 aliphatic rings. The number of hydrogen-bond donors (Lipinski definition) is 1. The summed E-state index contributed by atoms with van der Waals surface area (Å²) in [6.45, 7) is 3.72. The van der Waals surface area contributed by atoms with Crippen LogP contribution in [0.25, 0.3) is 0 Å². The van der Waals surface area contributed by atoms with Crippen molar-refractivity contribution in [2.24, 2.45) is 5.92 Å². The van der Waals surface area contributed by atoms with Crippen molar-refractivity contribution in [1.29, 1.82) is 5.26 Å². The van der Waals surface area contributed by atoms with E-state index in [0.717, 1.165) is 57.0 Å². The molecule has 0 radical (unpaired) electrons. The lowest BCUT2D eigenvalue weighted by Gasteiger charge is -2.45. The minimum Gasteiger partial charge on any atom is -0.371 e. The maximum absolute atomic E-state index is 14.7. The smallest absolute Gasteiger partial charge is 0.258 e. The van der Waals surface area contributed by atoms with Gasteiger partial charge in [0.25, 0.3) is 5.92 Å². The monoisotopic (exact) mass is 373 g/mol. The minimum atomic E-state index is -2.63. The number of rotatable bonds is 3. The molecule has 1 aromatic heterocycles. The van der Waals surface area contributed by atoms with Gasteiger partial charge in [-0.05, 0) is 31.4 Å². The number of hydrogen-bond acceptors (Lipinski definition) is 5. The van der Waals surface area contributed by atoms with Gasteiger partial charge in [-0.3, -0.25) is 0 Å². The van der Waals surface area contributed by atoms with Crippen molar-refractivity contribution in [3.63, 3.8) is 0 Å². The summed E-state index contributed by atoms with van der Waals surface area (Å²) in [4.78, 5) is 8.72. The van der Waals surface area contributed by atoms with Crippen LogP contribution in [-0.4, -0.2) is 55.1 Å². The van der Waals surface area contributed by atoms with Crippen LogP contribution in [-0.2, 0) is 0 Å². The minimum absolute atomic E-state index is 0.0798. The largest absolute Gasteiger partial charge is 0.371 e. The van der Waals surface area contributed by atoms with E-state index in [4.69, 9.17) is 5.26 Å². The fraction of sp³-hybridized carbons (Fsp3) is 0.600. The zero-order valence-corrected chi connectivity index (χ0v) is 15.4. The number of piperidine rings is 1. The van der Waals surface area contributed by atoms with Gasteiger partial charge >= 0.3 is 0 Å². The highest BCUT2D eigenvalue weighted by Crippen LogP contribution is 2.42. The summed E-state index contributed by atoms with van der Waals surface area (Å²) in [7, 11) is 0. The van der Waals surface area contributed by atoms with Gasteiger partial charge in [-0.2, -0.15) is 5.26 Å². The first kappa shape index (κ1) is 18.2. The van der Waals surface area contributed by atoms with Crippen molar-refractivity contribution in [2.75, 3.05) is 44.2 Å². The van der Waals surface area contributed by atoms with Crippen molar-refractivity contribution in [1.82, 2.24) is 15.2 Å². The third-order valence-electron chi connectivity index (χ3n) is 5.96. The quantitative estimate of drug-likeness (QED) is 0.883. The molecule has 144 valence electrons. The topological polar surface area (TPSA) is 55.2 Å². The molecule has 2 aliphatic heterocycles. The molecule has 3 fully saturated rings. The van der Waals surface area contributed by atoms with Crippen LogP contribution in [0.15, 0.2) is 29.6 Å². The van der Waals surface area contributed by atoms with Gasteiger partial charge in [0.2, 0.25) is 0 Å². The third kappa shape index (κ3) is 3.63. The Hall–Kier alpha value is -2.20. The second kappa shape index (κ2) is 7.43. The fourth-order valence-corrected chi connectivity index (χ4v) is 4.24. The summed E-state index contributed by atoms with van der Waals surface area (Å²) >= 11 is 0. The molecular formula is C20H25F2N5. The number of halogens is 2. The Labute approximate surface area is 158 Å². The van der Waals surface area contributed by atoms with E-state index in [0.29, 0.717) is 18.7 Å². The average Bonchev–Trinajstić information content (AvgIpc) is 2.65. The Bertz CT molecular complexity index is 739. The summed E-state index contributed by atoms with van der Waals surface area (Å²) in [5.74, 6) is -2.49. The predicted molar refractivity (Wildman–Crippen MR) is 99.5 cm³/mol. The van der Waals surface area contributed by atoms with Crippen molar-refractivity contribution >= 4 is 5.82 Å². The summed E-state index contributed by atoms with van der Waals surface area (Å²) in [5.41, 5.74) is 2.68.